The zero-order valence-electron chi connectivity index (χ0n) is 13.7. The molecule has 2 N–H and O–H groups in total. The van der Waals surface area contributed by atoms with Crippen LogP contribution in [0.15, 0.2) is 69.6 Å². The van der Waals surface area contributed by atoms with E-state index in [0.717, 1.165) is 0 Å². The average molecular weight is 427 g/mol. The van der Waals surface area contributed by atoms with Crippen LogP contribution in [-0.4, -0.2) is 16.0 Å². The molecule has 0 aliphatic rings. The van der Waals surface area contributed by atoms with Crippen molar-refractivity contribution in [1.29, 1.82) is 0 Å². The Kier molecular flexibility index (Phi) is 4.37. The van der Waals surface area contributed by atoms with E-state index in [1.807, 2.05) is 0 Å². The van der Waals surface area contributed by atoms with Gasteiger partial charge in [0.2, 0.25) is 5.89 Å². The van der Waals surface area contributed by atoms with E-state index in [1.165, 1.54) is 24.3 Å². The van der Waals surface area contributed by atoms with Crippen LogP contribution in [0.25, 0.3) is 22.6 Å². The van der Waals surface area contributed by atoms with E-state index < -0.39 is 11.7 Å². The Morgan fingerprint density at radius 3 is 2.74 bits per heavy atom. The Morgan fingerprint density at radius 1 is 1.11 bits per heavy atom. The van der Waals surface area contributed by atoms with Crippen LogP contribution in [0.4, 0.5) is 10.1 Å². The normalized spacial score (nSPS) is 10.9. The molecular weight excluding hydrogens is 415 g/mol. The number of oxazole rings is 1. The number of hydrogen-bond acceptors (Lipinski definition) is 4. The van der Waals surface area contributed by atoms with Crippen LogP contribution in [0, 0.1) is 5.82 Å². The van der Waals surface area contributed by atoms with Gasteiger partial charge in [0.15, 0.2) is 5.58 Å². The first-order valence-corrected chi connectivity index (χ1v) is 8.75. The van der Waals surface area contributed by atoms with E-state index >= 15 is 0 Å². The zero-order valence-corrected chi connectivity index (χ0v) is 15.3. The highest BCUT2D eigenvalue weighted by molar-refractivity contribution is 9.10. The van der Waals surface area contributed by atoms with Gasteiger partial charge < -0.3 is 14.8 Å². The highest BCUT2D eigenvalue weighted by Crippen LogP contribution is 2.31. The van der Waals surface area contributed by atoms with Gasteiger partial charge in [-0.2, -0.15) is 0 Å². The lowest BCUT2D eigenvalue weighted by molar-refractivity contribution is 0.102. The molecule has 27 heavy (non-hydrogen) atoms. The summed E-state index contributed by atoms with van der Waals surface area (Å²) in [5, 5.41) is 12.3. The maximum atomic E-state index is 13.3. The molecule has 134 valence electrons. The number of benzene rings is 3. The van der Waals surface area contributed by atoms with Crippen molar-refractivity contribution in [3.05, 3.63) is 76.5 Å². The molecule has 3 aromatic carbocycles. The lowest BCUT2D eigenvalue weighted by atomic mass is 10.2. The van der Waals surface area contributed by atoms with Gasteiger partial charge in [-0.3, -0.25) is 4.79 Å². The van der Waals surface area contributed by atoms with Crippen LogP contribution >= 0.6 is 15.9 Å². The molecule has 1 heterocycles. The molecule has 1 amide bonds. The Bertz CT molecular complexity index is 1170. The number of phenolic OH excluding ortho intramolecular Hbond substituents is 1. The molecule has 0 unspecified atom stereocenters. The molecule has 4 aromatic rings. The molecule has 0 aliphatic heterocycles. The Hall–Kier alpha value is -3.19. The highest BCUT2D eigenvalue weighted by atomic mass is 79.9. The Balaban J connectivity index is 1.62. The summed E-state index contributed by atoms with van der Waals surface area (Å²) in [6.45, 7) is 0. The predicted octanol–water partition coefficient (Wildman–Crippen LogP) is 5.35. The van der Waals surface area contributed by atoms with Crippen LogP contribution in [0.1, 0.15) is 10.4 Å². The first-order valence-electron chi connectivity index (χ1n) is 7.96. The van der Waals surface area contributed by atoms with Crippen molar-refractivity contribution >= 4 is 38.6 Å². The van der Waals surface area contributed by atoms with Gasteiger partial charge in [0.1, 0.15) is 17.1 Å². The summed E-state index contributed by atoms with van der Waals surface area (Å²) in [7, 11) is 0. The number of aromatic hydroxyl groups is 1. The predicted molar refractivity (Wildman–Crippen MR) is 103 cm³/mol. The minimum Gasteiger partial charge on any atom is -0.507 e. The molecular formula is C20H12BrFN2O3. The van der Waals surface area contributed by atoms with Crippen molar-refractivity contribution in [2.45, 2.75) is 0 Å². The van der Waals surface area contributed by atoms with Crippen molar-refractivity contribution in [2.75, 3.05) is 5.32 Å². The van der Waals surface area contributed by atoms with Crippen molar-refractivity contribution < 1.29 is 18.7 Å². The second kappa shape index (κ2) is 6.85. The number of fused-ring (bicyclic) bond motifs is 1. The molecule has 0 radical (unpaired) electrons. The maximum Gasteiger partial charge on any atom is 0.255 e. The number of carbonyl (C=O) groups is 1. The lowest BCUT2D eigenvalue weighted by Gasteiger charge is -2.04. The maximum absolute atomic E-state index is 13.3. The highest BCUT2D eigenvalue weighted by Gasteiger charge is 2.12. The third kappa shape index (κ3) is 3.54. The number of rotatable bonds is 3. The monoisotopic (exact) mass is 426 g/mol. The molecule has 0 atom stereocenters. The largest absolute Gasteiger partial charge is 0.507 e. The first kappa shape index (κ1) is 17.2. The summed E-state index contributed by atoms with van der Waals surface area (Å²) in [4.78, 5) is 16.7. The SMILES string of the molecule is O=C(Nc1ccc2oc(-c3ccc(O)c(Br)c3)nc2c1)c1cccc(F)c1. The van der Waals surface area contributed by atoms with Gasteiger partial charge in [-0.05, 0) is 70.5 Å². The van der Waals surface area contributed by atoms with Crippen molar-refractivity contribution in [3.8, 4) is 17.2 Å². The number of hydrogen-bond donors (Lipinski definition) is 2. The molecule has 0 fully saturated rings. The van der Waals surface area contributed by atoms with E-state index in [-0.39, 0.29) is 11.3 Å². The molecule has 0 bridgehead atoms. The Morgan fingerprint density at radius 2 is 1.96 bits per heavy atom. The molecule has 5 nitrogen and oxygen atoms in total. The average Bonchev–Trinajstić information content (AvgIpc) is 3.07. The summed E-state index contributed by atoms with van der Waals surface area (Å²) in [6, 6.07) is 15.5. The Labute approximate surface area is 161 Å². The number of phenols is 1. The summed E-state index contributed by atoms with van der Waals surface area (Å²) < 4.78 is 19.5. The smallest absolute Gasteiger partial charge is 0.255 e. The van der Waals surface area contributed by atoms with Gasteiger partial charge in [-0.25, -0.2) is 9.37 Å². The quantitative estimate of drug-likeness (QED) is 0.462. The van der Waals surface area contributed by atoms with E-state index in [4.69, 9.17) is 4.42 Å². The standard InChI is InChI=1S/C20H12BrFN2O3/c21-15-9-12(4-6-17(15)25)20-24-16-10-14(5-7-18(16)27-20)23-19(26)11-2-1-3-13(22)8-11/h1-10,25H,(H,23,26). The number of amides is 1. The van der Waals surface area contributed by atoms with E-state index in [0.29, 0.717) is 32.7 Å². The van der Waals surface area contributed by atoms with E-state index in [1.54, 1.807) is 36.4 Å². The van der Waals surface area contributed by atoms with Crippen LogP contribution in [0.2, 0.25) is 0 Å². The third-order valence-corrected chi connectivity index (χ3v) is 4.56. The van der Waals surface area contributed by atoms with Gasteiger partial charge in [0, 0.05) is 16.8 Å². The topological polar surface area (TPSA) is 75.4 Å². The van der Waals surface area contributed by atoms with E-state index in [9.17, 15) is 14.3 Å². The van der Waals surface area contributed by atoms with Crippen molar-refractivity contribution in [1.82, 2.24) is 4.98 Å². The van der Waals surface area contributed by atoms with Crippen LogP contribution in [-0.2, 0) is 0 Å². The molecule has 4 rings (SSSR count). The van der Waals surface area contributed by atoms with Gasteiger partial charge in [0.05, 0.1) is 4.47 Å². The van der Waals surface area contributed by atoms with Crippen LogP contribution in [0.3, 0.4) is 0 Å². The fraction of sp³-hybridized carbons (Fsp3) is 0. The molecule has 0 saturated heterocycles. The second-order valence-electron chi connectivity index (χ2n) is 5.83. The van der Waals surface area contributed by atoms with Crippen LogP contribution in [0.5, 0.6) is 5.75 Å². The van der Waals surface area contributed by atoms with Gasteiger partial charge in [0.25, 0.3) is 5.91 Å². The van der Waals surface area contributed by atoms with Gasteiger partial charge in [-0.1, -0.05) is 6.07 Å². The zero-order chi connectivity index (χ0) is 19.0. The molecule has 1 aromatic heterocycles. The molecule has 7 heteroatoms. The fourth-order valence-corrected chi connectivity index (χ4v) is 2.98. The number of halogens is 2. The summed E-state index contributed by atoms with van der Waals surface area (Å²) in [5.41, 5.74) is 2.55. The number of nitrogens with one attached hydrogen (secondary N) is 1. The first-order chi connectivity index (χ1) is 13.0. The molecule has 0 aliphatic carbocycles. The van der Waals surface area contributed by atoms with E-state index in [2.05, 4.69) is 26.2 Å². The van der Waals surface area contributed by atoms with Gasteiger partial charge in [-0.15, -0.1) is 0 Å². The van der Waals surface area contributed by atoms with Crippen molar-refractivity contribution in [3.63, 3.8) is 0 Å². The van der Waals surface area contributed by atoms with Gasteiger partial charge >= 0.3 is 0 Å². The third-order valence-electron chi connectivity index (χ3n) is 3.93. The summed E-state index contributed by atoms with van der Waals surface area (Å²) in [5.74, 6) is -0.379. The molecule has 0 spiro atoms. The fourth-order valence-electron chi connectivity index (χ4n) is 2.60. The number of nitrogens with zero attached hydrogens (tertiary/aromatic N) is 1. The van der Waals surface area contributed by atoms with Crippen LogP contribution < -0.4 is 5.32 Å². The number of anilines is 1. The summed E-state index contributed by atoms with van der Waals surface area (Å²) >= 11 is 3.26. The summed E-state index contributed by atoms with van der Waals surface area (Å²) in [6.07, 6.45) is 0. The minimum atomic E-state index is -0.473. The van der Waals surface area contributed by atoms with Crippen molar-refractivity contribution in [2.24, 2.45) is 0 Å². The molecule has 0 saturated carbocycles. The number of aromatic nitrogens is 1. The minimum absolute atomic E-state index is 0.122. The second-order valence-corrected chi connectivity index (χ2v) is 6.69. The lowest BCUT2D eigenvalue weighted by Crippen LogP contribution is -2.11. The number of carbonyl (C=O) groups excluding carboxylic acids is 1.